The number of carbonyl (C=O) groups excluding carboxylic acids is 2. The molecule has 150 valence electrons. The average Bonchev–Trinajstić information content (AvgIpc) is 3.36. The lowest BCUT2D eigenvalue weighted by molar-refractivity contribution is -0.239. The van der Waals surface area contributed by atoms with Crippen molar-refractivity contribution in [2.75, 3.05) is 13.2 Å². The van der Waals surface area contributed by atoms with Crippen LogP contribution in [-0.4, -0.2) is 71.5 Å². The number of esters is 2. The van der Waals surface area contributed by atoms with E-state index in [1.807, 2.05) is 19.9 Å². The summed E-state index contributed by atoms with van der Waals surface area (Å²) >= 11 is 0. The van der Waals surface area contributed by atoms with Gasteiger partial charge in [0, 0.05) is 19.3 Å². The summed E-state index contributed by atoms with van der Waals surface area (Å²) in [5.74, 6) is -0.978. The first kappa shape index (κ1) is 18.9. The van der Waals surface area contributed by atoms with E-state index in [1.165, 1.54) is 13.8 Å². The molecule has 0 aromatic rings. The second-order valence-corrected chi connectivity index (χ2v) is 8.45. The van der Waals surface area contributed by atoms with E-state index in [0.29, 0.717) is 6.61 Å². The Morgan fingerprint density at radius 2 is 1.96 bits per heavy atom. The van der Waals surface area contributed by atoms with Crippen molar-refractivity contribution >= 4 is 11.9 Å². The first-order valence-corrected chi connectivity index (χ1v) is 9.23. The number of rotatable bonds is 3. The quantitative estimate of drug-likeness (QED) is 0.401. The van der Waals surface area contributed by atoms with Crippen LogP contribution in [0.2, 0.25) is 0 Å². The van der Waals surface area contributed by atoms with E-state index in [4.69, 9.17) is 18.9 Å². The minimum Gasteiger partial charge on any atom is -0.465 e. The van der Waals surface area contributed by atoms with Crippen LogP contribution in [0.1, 0.15) is 34.1 Å². The second kappa shape index (κ2) is 5.76. The van der Waals surface area contributed by atoms with Crippen molar-refractivity contribution in [2.45, 2.75) is 70.2 Å². The molecule has 1 saturated carbocycles. The van der Waals surface area contributed by atoms with Gasteiger partial charge in [0.2, 0.25) is 0 Å². The van der Waals surface area contributed by atoms with Gasteiger partial charge in [-0.2, -0.15) is 0 Å². The van der Waals surface area contributed by atoms with Crippen molar-refractivity contribution in [3.63, 3.8) is 0 Å². The molecule has 2 aliphatic heterocycles. The van der Waals surface area contributed by atoms with Crippen molar-refractivity contribution < 1.29 is 38.7 Å². The predicted octanol–water partition coefficient (Wildman–Crippen LogP) is 0.0957. The van der Waals surface area contributed by atoms with Gasteiger partial charge in [-0.15, -0.1) is 0 Å². The summed E-state index contributed by atoms with van der Waals surface area (Å²) in [5, 5.41) is 21.6. The third-order valence-electron chi connectivity index (χ3n) is 7.18. The number of aliphatic hydroxyl groups excluding tert-OH is 2. The Balaban J connectivity index is 1.88. The second-order valence-electron chi connectivity index (χ2n) is 8.45. The molecule has 0 radical (unpaired) electrons. The van der Waals surface area contributed by atoms with Gasteiger partial charge in [0.25, 0.3) is 0 Å². The minimum atomic E-state index is -1.08. The number of fused-ring (bicyclic) bond motifs is 2. The number of aliphatic hydroxyl groups is 2. The highest BCUT2D eigenvalue weighted by Gasteiger charge is 2.86. The van der Waals surface area contributed by atoms with E-state index in [0.717, 1.165) is 5.57 Å². The lowest BCUT2D eigenvalue weighted by atomic mass is 9.51. The molecule has 2 aliphatic carbocycles. The van der Waals surface area contributed by atoms with Crippen molar-refractivity contribution in [2.24, 2.45) is 10.8 Å². The van der Waals surface area contributed by atoms with Gasteiger partial charge in [-0.3, -0.25) is 9.59 Å². The van der Waals surface area contributed by atoms with E-state index in [2.05, 4.69) is 0 Å². The number of epoxide rings is 1. The summed E-state index contributed by atoms with van der Waals surface area (Å²) < 4.78 is 23.1. The van der Waals surface area contributed by atoms with Crippen LogP contribution in [0.5, 0.6) is 0 Å². The third kappa shape index (κ3) is 2.24. The molecule has 0 aromatic heterocycles. The van der Waals surface area contributed by atoms with Gasteiger partial charge in [0.1, 0.15) is 30.5 Å². The van der Waals surface area contributed by atoms with E-state index < -0.39 is 58.9 Å². The summed E-state index contributed by atoms with van der Waals surface area (Å²) in [6.07, 6.45) is -1.86. The molecular weight excluding hydrogens is 356 g/mol. The fourth-order valence-electron chi connectivity index (χ4n) is 5.60. The molecule has 8 atom stereocenters. The molecule has 2 saturated heterocycles. The first-order valence-electron chi connectivity index (χ1n) is 9.23. The maximum absolute atomic E-state index is 11.8. The molecule has 2 N–H and O–H groups in total. The van der Waals surface area contributed by atoms with Crippen LogP contribution in [0.4, 0.5) is 0 Å². The molecule has 8 heteroatoms. The lowest BCUT2D eigenvalue weighted by Gasteiger charge is -2.58. The van der Waals surface area contributed by atoms with Crippen LogP contribution in [0.15, 0.2) is 11.6 Å². The Kier molecular flexibility index (Phi) is 4.03. The number of hydrogen-bond donors (Lipinski definition) is 2. The van der Waals surface area contributed by atoms with E-state index >= 15 is 0 Å². The van der Waals surface area contributed by atoms with E-state index in [1.54, 1.807) is 0 Å². The predicted molar refractivity (Wildman–Crippen MR) is 90.5 cm³/mol. The van der Waals surface area contributed by atoms with Gasteiger partial charge < -0.3 is 29.2 Å². The van der Waals surface area contributed by atoms with Crippen LogP contribution >= 0.6 is 0 Å². The number of carbonyl (C=O) groups is 2. The molecule has 4 aliphatic rings. The zero-order valence-corrected chi connectivity index (χ0v) is 15.9. The van der Waals surface area contributed by atoms with Crippen LogP contribution in [-0.2, 0) is 28.5 Å². The summed E-state index contributed by atoms with van der Waals surface area (Å²) in [6, 6.07) is 0. The summed E-state index contributed by atoms with van der Waals surface area (Å²) in [4.78, 5) is 23.4. The van der Waals surface area contributed by atoms with Gasteiger partial charge in [0.05, 0.1) is 24.2 Å². The fourth-order valence-corrected chi connectivity index (χ4v) is 5.60. The van der Waals surface area contributed by atoms with Crippen LogP contribution in [0.25, 0.3) is 0 Å². The molecule has 1 spiro atoms. The fraction of sp³-hybridized carbons (Fsp3) is 0.789. The maximum atomic E-state index is 11.8. The zero-order chi connectivity index (χ0) is 19.8. The Morgan fingerprint density at radius 1 is 1.30 bits per heavy atom. The molecule has 4 rings (SSSR count). The first-order chi connectivity index (χ1) is 12.6. The van der Waals surface area contributed by atoms with E-state index in [9.17, 15) is 19.8 Å². The minimum absolute atomic E-state index is 0.0351. The van der Waals surface area contributed by atoms with Gasteiger partial charge in [0.15, 0.2) is 0 Å². The molecule has 2 bridgehead atoms. The standard InChI is InChI=1S/C19H26O8/c1-9-5-13-18(6-12(9)22,7-24-10(2)20)17(4)15(26-11(3)21)14(23)16(27-13)19(17)8-25-19/h5,12-16,22-23H,6-8H2,1-4H3/t12-,13?,14+,15+,16?,17?,18+,19?/m0/s1. The Labute approximate surface area is 157 Å². The van der Waals surface area contributed by atoms with Crippen LogP contribution in [0.3, 0.4) is 0 Å². The van der Waals surface area contributed by atoms with Crippen molar-refractivity contribution in [3.05, 3.63) is 11.6 Å². The zero-order valence-electron chi connectivity index (χ0n) is 15.9. The van der Waals surface area contributed by atoms with E-state index in [-0.39, 0.29) is 13.0 Å². The van der Waals surface area contributed by atoms with Crippen molar-refractivity contribution in [1.29, 1.82) is 0 Å². The summed E-state index contributed by atoms with van der Waals surface area (Å²) in [7, 11) is 0. The smallest absolute Gasteiger partial charge is 0.303 e. The Morgan fingerprint density at radius 3 is 2.52 bits per heavy atom. The highest BCUT2D eigenvalue weighted by atomic mass is 16.7. The molecule has 0 amide bonds. The highest BCUT2D eigenvalue weighted by Crippen LogP contribution is 2.72. The molecule has 3 fully saturated rings. The average molecular weight is 382 g/mol. The van der Waals surface area contributed by atoms with Gasteiger partial charge in [-0.25, -0.2) is 0 Å². The monoisotopic (exact) mass is 382 g/mol. The third-order valence-corrected chi connectivity index (χ3v) is 7.18. The lowest BCUT2D eigenvalue weighted by Crippen LogP contribution is -2.67. The number of hydrogen-bond acceptors (Lipinski definition) is 8. The topological polar surface area (TPSA) is 115 Å². The van der Waals surface area contributed by atoms with Crippen molar-refractivity contribution in [3.8, 4) is 0 Å². The molecule has 2 heterocycles. The summed E-state index contributed by atoms with van der Waals surface area (Å²) in [6.45, 7) is 6.61. The van der Waals surface area contributed by atoms with Gasteiger partial charge in [-0.05, 0) is 18.9 Å². The molecule has 27 heavy (non-hydrogen) atoms. The maximum Gasteiger partial charge on any atom is 0.303 e. The normalized spacial score (nSPS) is 50.0. The SMILES string of the molecule is CC(=O)OC[C@]12C[C@H](O)C(C)=CC1OC1[C@H](O)[C@@H](OC(C)=O)C2(C)C12CO2. The van der Waals surface area contributed by atoms with Gasteiger partial charge >= 0.3 is 11.9 Å². The number of ether oxygens (including phenoxy) is 4. The van der Waals surface area contributed by atoms with Crippen molar-refractivity contribution in [1.82, 2.24) is 0 Å². The molecule has 0 aromatic carbocycles. The largest absolute Gasteiger partial charge is 0.465 e. The Hall–Kier alpha value is -1.48. The molecule has 8 nitrogen and oxygen atoms in total. The summed E-state index contributed by atoms with van der Waals surface area (Å²) in [5.41, 5.74) is -1.91. The molecule has 4 unspecified atom stereocenters. The molecular formula is C19H26O8. The highest BCUT2D eigenvalue weighted by molar-refractivity contribution is 5.67. The Bertz CT molecular complexity index is 712. The van der Waals surface area contributed by atoms with Crippen LogP contribution in [0, 0.1) is 10.8 Å². The van der Waals surface area contributed by atoms with Crippen LogP contribution < -0.4 is 0 Å². The van der Waals surface area contributed by atoms with Gasteiger partial charge in [-0.1, -0.05) is 13.0 Å².